The Labute approximate surface area is 161 Å². The lowest BCUT2D eigenvalue weighted by molar-refractivity contribution is 0.0948. The van der Waals surface area contributed by atoms with E-state index in [0.29, 0.717) is 29.5 Å². The number of carbonyl (C=O) groups is 1. The quantitative estimate of drug-likeness (QED) is 0.788. The van der Waals surface area contributed by atoms with Crippen LogP contribution in [0.3, 0.4) is 0 Å². The minimum absolute atomic E-state index is 0.0520. The molecule has 0 atom stereocenters. The zero-order valence-electron chi connectivity index (χ0n) is 16.3. The summed E-state index contributed by atoms with van der Waals surface area (Å²) in [6, 6.07) is 11.5. The van der Waals surface area contributed by atoms with E-state index in [1.807, 2.05) is 13.8 Å². The molecule has 0 bridgehead atoms. The van der Waals surface area contributed by atoms with Gasteiger partial charge >= 0.3 is 0 Å². The summed E-state index contributed by atoms with van der Waals surface area (Å²) in [6.45, 7) is 6.30. The summed E-state index contributed by atoms with van der Waals surface area (Å²) in [4.78, 5) is 12.5. The number of anilines is 1. The minimum atomic E-state index is -3.86. The van der Waals surface area contributed by atoms with E-state index in [1.54, 1.807) is 37.3 Å². The van der Waals surface area contributed by atoms with Crippen molar-refractivity contribution in [2.45, 2.75) is 25.7 Å². The van der Waals surface area contributed by atoms with Gasteiger partial charge in [0.25, 0.3) is 15.9 Å². The average Bonchev–Trinajstić information content (AvgIpc) is 2.65. The molecule has 1 N–H and O–H groups in total. The van der Waals surface area contributed by atoms with Gasteiger partial charge in [-0.15, -0.1) is 0 Å². The maximum Gasteiger partial charge on any atom is 0.264 e. The highest BCUT2D eigenvalue weighted by atomic mass is 32.2. The van der Waals surface area contributed by atoms with Crippen LogP contribution in [0.1, 0.15) is 29.8 Å². The fourth-order valence-electron chi connectivity index (χ4n) is 2.58. The van der Waals surface area contributed by atoms with Gasteiger partial charge in [0.1, 0.15) is 5.75 Å². The molecule has 0 saturated heterocycles. The fraction of sp³-hybridized carbons (Fsp3) is 0.350. The highest BCUT2D eigenvalue weighted by Crippen LogP contribution is 2.31. The summed E-state index contributed by atoms with van der Waals surface area (Å²) in [6.07, 6.45) is 0. The highest BCUT2D eigenvalue weighted by Gasteiger charge is 2.25. The monoisotopic (exact) mass is 390 g/mol. The average molecular weight is 391 g/mol. The Morgan fingerprint density at radius 1 is 1.19 bits per heavy atom. The van der Waals surface area contributed by atoms with E-state index in [4.69, 9.17) is 4.74 Å². The normalized spacial score (nSPS) is 11.3. The molecule has 0 saturated carbocycles. The number of hydrogen-bond donors (Lipinski definition) is 1. The molecular formula is C20H26N2O4S. The molecule has 146 valence electrons. The van der Waals surface area contributed by atoms with Gasteiger partial charge in [-0.25, -0.2) is 8.42 Å². The van der Waals surface area contributed by atoms with Gasteiger partial charge in [-0.1, -0.05) is 32.0 Å². The number of para-hydroxylation sites is 2. The zero-order chi connectivity index (χ0) is 20.2. The first-order valence-electron chi connectivity index (χ1n) is 8.69. The largest absolute Gasteiger partial charge is 0.495 e. The van der Waals surface area contributed by atoms with Gasteiger partial charge in [0, 0.05) is 19.2 Å². The van der Waals surface area contributed by atoms with Crippen molar-refractivity contribution >= 4 is 21.6 Å². The van der Waals surface area contributed by atoms with Crippen LogP contribution in [0.2, 0.25) is 0 Å². The van der Waals surface area contributed by atoms with Gasteiger partial charge in [-0.05, 0) is 42.7 Å². The lowest BCUT2D eigenvalue weighted by atomic mass is 10.1. The third-order valence-corrected chi connectivity index (χ3v) is 5.97. The van der Waals surface area contributed by atoms with Crippen molar-refractivity contribution in [1.29, 1.82) is 0 Å². The summed E-state index contributed by atoms with van der Waals surface area (Å²) in [5.74, 6) is 0.474. The second kappa shape index (κ2) is 8.43. The van der Waals surface area contributed by atoms with Crippen LogP contribution in [0.15, 0.2) is 47.4 Å². The first kappa shape index (κ1) is 20.8. The third kappa shape index (κ3) is 4.60. The van der Waals surface area contributed by atoms with Crippen LogP contribution in [0.25, 0.3) is 0 Å². The molecule has 7 heteroatoms. The predicted octanol–water partition coefficient (Wildman–Crippen LogP) is 3.21. The Bertz CT molecular complexity index is 923. The maximum atomic E-state index is 13.1. The van der Waals surface area contributed by atoms with Crippen molar-refractivity contribution in [2.24, 2.45) is 5.92 Å². The molecule has 2 rings (SSSR count). The summed E-state index contributed by atoms with van der Waals surface area (Å²) in [7, 11) is -0.903. The minimum Gasteiger partial charge on any atom is -0.495 e. The van der Waals surface area contributed by atoms with Gasteiger partial charge in [0.05, 0.1) is 17.7 Å². The van der Waals surface area contributed by atoms with E-state index in [2.05, 4.69) is 5.32 Å². The molecular weight excluding hydrogens is 364 g/mol. The lowest BCUT2D eigenvalue weighted by Crippen LogP contribution is -2.29. The molecule has 2 aromatic carbocycles. The Hall–Kier alpha value is -2.54. The first-order chi connectivity index (χ1) is 12.7. The van der Waals surface area contributed by atoms with E-state index in [-0.39, 0.29) is 10.8 Å². The number of ether oxygens (including phenoxy) is 1. The van der Waals surface area contributed by atoms with Crippen LogP contribution in [0.5, 0.6) is 5.75 Å². The Balaban J connectivity index is 2.41. The molecule has 2 aromatic rings. The molecule has 1 amide bonds. The number of rotatable bonds is 7. The first-order valence-corrected chi connectivity index (χ1v) is 10.1. The van der Waals surface area contributed by atoms with Crippen molar-refractivity contribution in [3.63, 3.8) is 0 Å². The SMILES string of the molecule is COc1ccccc1N(C)S(=O)(=O)c1ccc(C)c(C(=O)NCC(C)C)c1. The molecule has 0 aliphatic carbocycles. The van der Waals surface area contributed by atoms with E-state index in [1.165, 1.54) is 26.3 Å². The van der Waals surface area contributed by atoms with Crippen LogP contribution in [-0.2, 0) is 10.0 Å². The molecule has 0 fully saturated rings. The number of methoxy groups -OCH3 is 1. The van der Waals surface area contributed by atoms with Crippen molar-refractivity contribution in [3.8, 4) is 5.75 Å². The molecule has 27 heavy (non-hydrogen) atoms. The van der Waals surface area contributed by atoms with Gasteiger partial charge in [-0.3, -0.25) is 9.10 Å². The predicted molar refractivity (Wildman–Crippen MR) is 107 cm³/mol. The van der Waals surface area contributed by atoms with E-state index in [9.17, 15) is 13.2 Å². The summed E-state index contributed by atoms with van der Waals surface area (Å²) in [5, 5.41) is 2.83. The number of amides is 1. The fourth-order valence-corrected chi connectivity index (χ4v) is 3.81. The van der Waals surface area contributed by atoms with E-state index in [0.717, 1.165) is 9.87 Å². The van der Waals surface area contributed by atoms with E-state index >= 15 is 0 Å². The lowest BCUT2D eigenvalue weighted by Gasteiger charge is -2.22. The second-order valence-corrected chi connectivity index (χ2v) is 8.69. The number of aryl methyl sites for hydroxylation is 1. The van der Waals surface area contributed by atoms with Crippen molar-refractivity contribution < 1.29 is 17.9 Å². The molecule has 0 spiro atoms. The molecule has 6 nitrogen and oxygen atoms in total. The van der Waals surface area contributed by atoms with E-state index < -0.39 is 10.0 Å². The van der Waals surface area contributed by atoms with Crippen LogP contribution in [0, 0.1) is 12.8 Å². The van der Waals surface area contributed by atoms with Crippen molar-refractivity contribution in [2.75, 3.05) is 25.0 Å². The molecule has 0 aromatic heterocycles. The Morgan fingerprint density at radius 2 is 1.85 bits per heavy atom. The number of benzene rings is 2. The number of nitrogens with zero attached hydrogens (tertiary/aromatic N) is 1. The topological polar surface area (TPSA) is 75.7 Å². The molecule has 0 heterocycles. The van der Waals surface area contributed by atoms with Gasteiger partial charge in [0.2, 0.25) is 0 Å². The second-order valence-electron chi connectivity index (χ2n) is 6.72. The number of nitrogens with one attached hydrogen (secondary N) is 1. The highest BCUT2D eigenvalue weighted by molar-refractivity contribution is 7.92. The van der Waals surface area contributed by atoms with Gasteiger partial charge < -0.3 is 10.1 Å². The van der Waals surface area contributed by atoms with Crippen molar-refractivity contribution in [1.82, 2.24) is 5.32 Å². The molecule has 0 aliphatic heterocycles. The smallest absolute Gasteiger partial charge is 0.264 e. The van der Waals surface area contributed by atoms with Crippen molar-refractivity contribution in [3.05, 3.63) is 53.6 Å². The van der Waals surface area contributed by atoms with Crippen LogP contribution < -0.4 is 14.4 Å². The van der Waals surface area contributed by atoms with Gasteiger partial charge in [0.15, 0.2) is 0 Å². The number of sulfonamides is 1. The summed E-state index contributed by atoms with van der Waals surface area (Å²) in [5.41, 5.74) is 1.49. The Morgan fingerprint density at radius 3 is 2.48 bits per heavy atom. The summed E-state index contributed by atoms with van der Waals surface area (Å²) >= 11 is 0. The van der Waals surface area contributed by atoms with Crippen LogP contribution >= 0.6 is 0 Å². The third-order valence-electron chi connectivity index (χ3n) is 4.21. The molecule has 0 aliphatic rings. The standard InChI is InChI=1S/C20H26N2O4S/c1-14(2)13-21-20(23)17-12-16(11-10-15(17)3)27(24,25)22(4)18-8-6-7-9-19(18)26-5/h6-12,14H,13H2,1-5H3,(H,21,23). The molecule has 0 radical (unpaired) electrons. The summed E-state index contributed by atoms with van der Waals surface area (Å²) < 4.78 is 32.6. The van der Waals surface area contributed by atoms with Gasteiger partial charge in [-0.2, -0.15) is 0 Å². The van der Waals surface area contributed by atoms with Crippen LogP contribution in [0.4, 0.5) is 5.69 Å². The van der Waals surface area contributed by atoms with Crippen LogP contribution in [-0.4, -0.2) is 35.0 Å². The number of hydrogen-bond acceptors (Lipinski definition) is 4. The maximum absolute atomic E-state index is 13.1. The number of carbonyl (C=O) groups excluding carboxylic acids is 1. The Kier molecular flexibility index (Phi) is 6.49. The molecule has 0 unspecified atom stereocenters. The zero-order valence-corrected chi connectivity index (χ0v) is 17.1.